The smallest absolute Gasteiger partial charge is 0.362 e. The highest BCUT2D eigenvalue weighted by Crippen LogP contribution is 2.54. The Morgan fingerprint density at radius 2 is 1.62 bits per heavy atom. The minimum absolute atomic E-state index is 0.268. The summed E-state index contributed by atoms with van der Waals surface area (Å²) >= 11 is 3.25. The Bertz CT molecular complexity index is 637. The van der Waals surface area contributed by atoms with Gasteiger partial charge in [0, 0.05) is 4.47 Å². The van der Waals surface area contributed by atoms with Crippen LogP contribution in [0.25, 0.3) is 0 Å². The number of amides is 2. The maximum Gasteiger partial charge on any atom is 0.362 e. The van der Waals surface area contributed by atoms with E-state index in [1.54, 1.807) is 52.0 Å². The zero-order valence-corrected chi connectivity index (χ0v) is 16.5. The summed E-state index contributed by atoms with van der Waals surface area (Å²) in [5.74, 6) is -3.21. The molecule has 0 heterocycles. The van der Waals surface area contributed by atoms with Gasteiger partial charge in [-0.3, -0.25) is 14.2 Å². The van der Waals surface area contributed by atoms with Gasteiger partial charge in [0.2, 0.25) is 5.78 Å². The van der Waals surface area contributed by atoms with Gasteiger partial charge >= 0.3 is 7.60 Å². The third-order valence-electron chi connectivity index (χ3n) is 2.69. The van der Waals surface area contributed by atoms with Crippen LogP contribution in [0.4, 0.5) is 0 Å². The molecule has 24 heavy (non-hydrogen) atoms. The van der Waals surface area contributed by atoms with Crippen molar-refractivity contribution >= 4 is 35.3 Å². The zero-order valence-electron chi connectivity index (χ0n) is 14.0. The fourth-order valence-corrected chi connectivity index (χ4v) is 4.41. The van der Waals surface area contributed by atoms with E-state index >= 15 is 0 Å². The topological polar surface area (TPSA) is 108 Å². The van der Waals surface area contributed by atoms with E-state index in [2.05, 4.69) is 21.2 Å². The summed E-state index contributed by atoms with van der Waals surface area (Å²) in [7, 11) is -4.01. The van der Waals surface area contributed by atoms with Crippen LogP contribution in [-0.2, 0) is 18.4 Å². The van der Waals surface area contributed by atoms with Crippen molar-refractivity contribution in [3.8, 4) is 0 Å². The van der Waals surface area contributed by atoms with Crippen LogP contribution < -0.4 is 11.1 Å². The van der Waals surface area contributed by atoms with Crippen LogP contribution in [-0.4, -0.2) is 29.8 Å². The number of rotatable bonds is 8. The number of carbonyl (C=O) groups is 2. The van der Waals surface area contributed by atoms with Crippen LogP contribution in [0, 0.1) is 0 Å². The lowest BCUT2D eigenvalue weighted by Gasteiger charge is -2.28. The van der Waals surface area contributed by atoms with Crippen LogP contribution >= 0.6 is 23.5 Å². The van der Waals surface area contributed by atoms with Crippen LogP contribution in [0.2, 0.25) is 0 Å². The number of nitrogens with two attached hydrogens (primary N) is 1. The van der Waals surface area contributed by atoms with Gasteiger partial charge in [0.05, 0.1) is 17.8 Å². The Kier molecular flexibility index (Phi) is 7.60. The molecule has 0 aromatic heterocycles. The van der Waals surface area contributed by atoms with Gasteiger partial charge in [0.25, 0.3) is 11.8 Å². The summed E-state index contributed by atoms with van der Waals surface area (Å²) in [6.45, 7) is 6.57. The van der Waals surface area contributed by atoms with E-state index in [9.17, 15) is 14.2 Å². The standard InChI is InChI=1S/C15H22BrN2O5P/c1-9(2)22-24(21,23-10(3)4)15(13(17)19)18-14(20)11-7-5-6-8-12(11)16/h5-10,15H,1-4H3,(H2,17,19)(H,18,20)/t15-/m1/s1. The number of carbonyl (C=O) groups excluding carboxylic acids is 2. The molecule has 1 aromatic rings. The maximum absolute atomic E-state index is 13.1. The highest BCUT2D eigenvalue weighted by molar-refractivity contribution is 9.10. The molecule has 0 aliphatic carbocycles. The lowest BCUT2D eigenvalue weighted by molar-refractivity contribution is -0.118. The normalized spacial score (nSPS) is 13.1. The van der Waals surface area contributed by atoms with Crippen LogP contribution in [0.1, 0.15) is 38.1 Å². The molecule has 0 aliphatic heterocycles. The van der Waals surface area contributed by atoms with E-state index in [4.69, 9.17) is 14.8 Å². The van der Waals surface area contributed by atoms with Crippen molar-refractivity contribution in [3.05, 3.63) is 34.3 Å². The molecule has 0 bridgehead atoms. The summed E-state index contributed by atoms with van der Waals surface area (Å²) in [6.07, 6.45) is -0.978. The van der Waals surface area contributed by atoms with E-state index in [-0.39, 0.29) is 5.56 Å². The predicted octanol–water partition coefficient (Wildman–Crippen LogP) is 3.03. The molecule has 0 radical (unpaired) electrons. The molecule has 134 valence electrons. The maximum atomic E-state index is 13.1. The van der Waals surface area contributed by atoms with Crippen molar-refractivity contribution in [2.45, 2.75) is 45.7 Å². The first-order chi connectivity index (χ1) is 11.1. The van der Waals surface area contributed by atoms with Crippen molar-refractivity contribution in [3.63, 3.8) is 0 Å². The number of nitrogens with one attached hydrogen (secondary N) is 1. The van der Waals surface area contributed by atoms with E-state index < -0.39 is 37.4 Å². The number of benzene rings is 1. The second-order valence-corrected chi connectivity index (χ2v) is 8.48. The predicted molar refractivity (Wildman–Crippen MR) is 94.6 cm³/mol. The van der Waals surface area contributed by atoms with E-state index in [0.29, 0.717) is 4.47 Å². The Labute approximate surface area is 149 Å². The van der Waals surface area contributed by atoms with Crippen molar-refractivity contribution in [2.75, 3.05) is 0 Å². The van der Waals surface area contributed by atoms with E-state index in [0.717, 1.165) is 0 Å². The Morgan fingerprint density at radius 3 is 2.04 bits per heavy atom. The molecule has 2 amide bonds. The van der Waals surface area contributed by atoms with Gasteiger partial charge in [0.15, 0.2) is 0 Å². The molecule has 0 fully saturated rings. The lowest BCUT2D eigenvalue weighted by atomic mass is 10.2. The van der Waals surface area contributed by atoms with Crippen molar-refractivity contribution < 1.29 is 23.2 Å². The Balaban J connectivity index is 3.15. The third kappa shape index (κ3) is 5.70. The highest BCUT2D eigenvalue weighted by atomic mass is 79.9. The fourth-order valence-electron chi connectivity index (χ4n) is 1.89. The molecule has 0 unspecified atom stereocenters. The Hall–Kier alpha value is -1.21. The van der Waals surface area contributed by atoms with Crippen LogP contribution in [0.15, 0.2) is 28.7 Å². The molecular formula is C15H22BrN2O5P. The molecule has 1 rings (SSSR count). The van der Waals surface area contributed by atoms with Gasteiger partial charge in [-0.25, -0.2) is 0 Å². The SMILES string of the molecule is CC(C)OP(=O)(OC(C)C)[C@@H](NC(=O)c1ccccc1Br)C(N)=O. The van der Waals surface area contributed by atoms with Crippen molar-refractivity contribution in [1.82, 2.24) is 5.32 Å². The average molecular weight is 421 g/mol. The minimum Gasteiger partial charge on any atom is -0.367 e. The lowest BCUT2D eigenvalue weighted by Crippen LogP contribution is -2.45. The van der Waals surface area contributed by atoms with Crippen molar-refractivity contribution in [2.24, 2.45) is 5.73 Å². The molecule has 0 saturated carbocycles. The molecule has 0 saturated heterocycles. The van der Waals surface area contributed by atoms with Gasteiger partial charge in [-0.1, -0.05) is 12.1 Å². The summed E-state index contributed by atoms with van der Waals surface area (Å²) in [5, 5.41) is 2.37. The molecule has 7 nitrogen and oxygen atoms in total. The molecular weight excluding hydrogens is 399 g/mol. The molecule has 9 heteroatoms. The molecule has 1 atom stereocenters. The second-order valence-electron chi connectivity index (χ2n) is 5.61. The number of hydrogen-bond acceptors (Lipinski definition) is 5. The summed E-state index contributed by atoms with van der Waals surface area (Å²) in [5.41, 5.74) is 5.61. The number of primary amides is 1. The Morgan fingerprint density at radius 1 is 1.12 bits per heavy atom. The summed E-state index contributed by atoms with van der Waals surface area (Å²) < 4.78 is 24.3. The zero-order chi connectivity index (χ0) is 18.5. The summed E-state index contributed by atoms with van der Waals surface area (Å²) in [4.78, 5) is 24.2. The summed E-state index contributed by atoms with van der Waals surface area (Å²) in [6, 6.07) is 6.62. The molecule has 0 aliphatic rings. The number of halogens is 1. The van der Waals surface area contributed by atoms with Gasteiger partial charge in [-0.2, -0.15) is 0 Å². The van der Waals surface area contributed by atoms with Gasteiger partial charge in [-0.05, 0) is 55.8 Å². The molecule has 3 N–H and O–H groups in total. The largest absolute Gasteiger partial charge is 0.367 e. The highest BCUT2D eigenvalue weighted by Gasteiger charge is 2.43. The fraction of sp³-hybridized carbons (Fsp3) is 0.467. The number of hydrogen-bond donors (Lipinski definition) is 2. The molecule has 0 spiro atoms. The second kappa shape index (κ2) is 8.76. The average Bonchev–Trinajstić information content (AvgIpc) is 2.42. The first kappa shape index (κ1) is 20.8. The van der Waals surface area contributed by atoms with Crippen LogP contribution in [0.3, 0.4) is 0 Å². The van der Waals surface area contributed by atoms with E-state index in [1.165, 1.54) is 0 Å². The third-order valence-corrected chi connectivity index (χ3v) is 5.83. The first-order valence-corrected chi connectivity index (χ1v) is 9.78. The molecule has 1 aromatic carbocycles. The van der Waals surface area contributed by atoms with E-state index in [1.807, 2.05) is 0 Å². The quantitative estimate of drug-likeness (QED) is 0.628. The van der Waals surface area contributed by atoms with Gasteiger partial charge in [0.1, 0.15) is 0 Å². The monoisotopic (exact) mass is 420 g/mol. The van der Waals surface area contributed by atoms with Gasteiger partial charge < -0.3 is 20.1 Å². The van der Waals surface area contributed by atoms with Gasteiger partial charge in [-0.15, -0.1) is 0 Å². The minimum atomic E-state index is -4.01. The first-order valence-electron chi connectivity index (χ1n) is 7.38. The van der Waals surface area contributed by atoms with Crippen LogP contribution in [0.5, 0.6) is 0 Å². The van der Waals surface area contributed by atoms with Crippen molar-refractivity contribution in [1.29, 1.82) is 0 Å².